The molecule has 9 heteroatoms. The normalized spacial score (nSPS) is 14.6. The van der Waals surface area contributed by atoms with Crippen molar-refractivity contribution < 1.29 is 0 Å². The van der Waals surface area contributed by atoms with Gasteiger partial charge in [-0.2, -0.15) is 9.69 Å². The van der Waals surface area contributed by atoms with Crippen molar-refractivity contribution in [3.63, 3.8) is 0 Å². The number of hydrogen-bond acceptors (Lipinski definition) is 5. The lowest BCUT2D eigenvalue weighted by molar-refractivity contribution is 1.32. The Morgan fingerprint density at radius 3 is 1.19 bits per heavy atom. The molecule has 0 amide bonds. The topological polar surface area (TPSA) is 104 Å². The van der Waals surface area contributed by atoms with E-state index in [0.717, 1.165) is 0 Å². The molecule has 3 heterocycles. The van der Waals surface area contributed by atoms with Crippen molar-refractivity contribution >= 4 is 16.7 Å². The molecule has 1 aromatic carbocycles. The van der Waals surface area contributed by atoms with Crippen LogP contribution in [-0.2, 0) is 0 Å². The first kappa shape index (κ1) is 23.9. The molecule has 42 heavy (non-hydrogen) atoms. The number of fused-ring (bicyclic) bond motifs is 12. The summed E-state index contributed by atoms with van der Waals surface area (Å²) in [5.41, 5.74) is 8.09. The third-order valence-corrected chi connectivity index (χ3v) is 7.67. The fraction of sp³-hybridized carbons (Fsp3) is 0. The van der Waals surface area contributed by atoms with E-state index in [0.29, 0.717) is 83.5 Å². The van der Waals surface area contributed by atoms with Crippen LogP contribution in [0.2, 0.25) is 0 Å². The maximum atomic E-state index is 10.1. The first-order valence-electron chi connectivity index (χ1n) is 12.3. The van der Waals surface area contributed by atoms with Gasteiger partial charge in [-0.1, -0.05) is 0 Å². The van der Waals surface area contributed by atoms with Gasteiger partial charge in [0.25, 0.3) is 11.4 Å². The van der Waals surface area contributed by atoms with Gasteiger partial charge in [-0.25, -0.2) is 20.2 Å². The summed E-state index contributed by atoms with van der Waals surface area (Å²) < 4.78 is 0. The molecule has 0 atom stereocenters. The Morgan fingerprint density at radius 2 is 0.857 bits per heavy atom. The van der Waals surface area contributed by atoms with E-state index in [1.54, 1.807) is 55.4 Å². The van der Waals surface area contributed by atoms with E-state index >= 15 is 0 Å². The molecule has 0 saturated carbocycles. The molecule has 0 fully saturated rings. The Balaban J connectivity index is 1.88. The number of nitriles is 2. The zero-order chi connectivity index (χ0) is 29.1. The first-order chi connectivity index (χ1) is 20.6. The summed E-state index contributed by atoms with van der Waals surface area (Å²) in [6, 6.07) is 9.30. The summed E-state index contributed by atoms with van der Waals surface area (Å²) in [4.78, 5) is 27.4. The number of rotatable bonds is 0. The largest absolute Gasteiger partial charge is 0.527 e. The van der Waals surface area contributed by atoms with E-state index in [4.69, 9.17) is 26.3 Å². The van der Waals surface area contributed by atoms with Gasteiger partial charge in [0.1, 0.15) is 13.1 Å². The molecule has 3 aromatic heterocycles. The summed E-state index contributed by atoms with van der Waals surface area (Å²) in [5.74, 6) is -0.162. The molecule has 0 unspecified atom stereocenters. The first-order valence-corrected chi connectivity index (χ1v) is 12.3. The Kier molecular flexibility index (Phi) is 4.94. The van der Waals surface area contributed by atoms with Gasteiger partial charge < -0.3 is 0 Å². The van der Waals surface area contributed by atoms with Crippen molar-refractivity contribution in [2.75, 3.05) is 0 Å². The molecule has 4 aromatic rings. The average Bonchev–Trinajstić information content (AvgIpc) is 3.66. The maximum Gasteiger partial charge on any atom is 0.527 e. The summed E-state index contributed by atoms with van der Waals surface area (Å²) in [7, 11) is 0. The lowest BCUT2D eigenvalue weighted by Gasteiger charge is -2.18. The molecule has 3 aliphatic carbocycles. The van der Waals surface area contributed by atoms with Crippen LogP contribution in [0.4, 0.5) is 0 Å². The van der Waals surface area contributed by atoms with Crippen molar-refractivity contribution in [1.29, 1.82) is 10.5 Å². The van der Waals surface area contributed by atoms with Crippen LogP contribution in [-0.4, -0.2) is 15.0 Å². The molecule has 7 rings (SSSR count). The second-order valence-electron chi connectivity index (χ2n) is 9.33. The fourth-order valence-electron chi connectivity index (χ4n) is 6.28. The maximum absolute atomic E-state index is 10.1. The quantitative estimate of drug-likeness (QED) is 0.159. The molecular formula is C33H9N9. The van der Waals surface area contributed by atoms with Crippen molar-refractivity contribution in [2.45, 2.75) is 0 Å². The Bertz CT molecular complexity index is 2030. The van der Waals surface area contributed by atoms with E-state index in [-0.39, 0.29) is 17.2 Å². The number of pyridine rings is 3. The van der Waals surface area contributed by atoms with E-state index in [1.807, 2.05) is 12.1 Å². The number of allylic oxidation sites excluding steroid dienone is 2. The summed E-state index contributed by atoms with van der Waals surface area (Å²) in [6.07, 6.45) is 9.69. The van der Waals surface area contributed by atoms with Crippen molar-refractivity contribution in [3.8, 4) is 45.5 Å². The Labute approximate surface area is 239 Å². The third kappa shape index (κ3) is 2.76. The van der Waals surface area contributed by atoms with E-state index in [9.17, 15) is 10.5 Å². The van der Waals surface area contributed by atoms with Crippen molar-refractivity contribution in [3.05, 3.63) is 152 Å². The minimum atomic E-state index is -0.162. The van der Waals surface area contributed by atoms with Crippen LogP contribution in [0.15, 0.2) is 72.6 Å². The van der Waals surface area contributed by atoms with Crippen LogP contribution in [0.3, 0.4) is 0 Å². The number of nitrogens with zero attached hydrogens (tertiary/aromatic N) is 9. The van der Waals surface area contributed by atoms with E-state index < -0.39 is 0 Å². The highest BCUT2D eigenvalue weighted by Gasteiger charge is 2.45. The third-order valence-electron chi connectivity index (χ3n) is 7.67. The highest BCUT2D eigenvalue weighted by atomic mass is 14.9. The molecule has 0 bridgehead atoms. The zero-order valence-corrected chi connectivity index (χ0v) is 21.2. The molecule has 0 aliphatic heterocycles. The lowest BCUT2D eigenvalue weighted by Crippen LogP contribution is -1.99. The van der Waals surface area contributed by atoms with Crippen LogP contribution in [0.25, 0.3) is 69.5 Å². The summed E-state index contributed by atoms with van der Waals surface area (Å²) in [6.45, 7) is 31.5. The van der Waals surface area contributed by atoms with Crippen LogP contribution in [0, 0.1) is 49.0 Å². The lowest BCUT2D eigenvalue weighted by atomic mass is 9.83. The van der Waals surface area contributed by atoms with Gasteiger partial charge in [0.2, 0.25) is 0 Å². The molecule has 0 spiro atoms. The monoisotopic (exact) mass is 531 g/mol. The molecular weight excluding hydrogens is 522 g/mol. The SMILES string of the molecule is [C-]#[N+]C([N+]#[C-])=C1c2ccncc2-c2c1c1c(c3c2/C(=C(/C#N)[N+]#[C-])c2ccncc2-3)/C(=C(\C#N)[N+]#[C-])c2ccncc2-1. The molecule has 0 N–H and O–H groups in total. The highest BCUT2D eigenvalue weighted by molar-refractivity contribution is 6.24. The predicted octanol–water partition coefficient (Wildman–Crippen LogP) is 6.77. The second-order valence-corrected chi connectivity index (χ2v) is 9.33. The second kappa shape index (κ2) is 8.68. The predicted molar refractivity (Wildman–Crippen MR) is 152 cm³/mol. The Morgan fingerprint density at radius 1 is 0.500 bits per heavy atom. The zero-order valence-electron chi connectivity index (χ0n) is 21.2. The van der Waals surface area contributed by atoms with Gasteiger partial charge >= 0.3 is 5.82 Å². The minimum Gasteiger partial charge on any atom is -0.264 e. The number of aromatic nitrogens is 3. The van der Waals surface area contributed by atoms with Gasteiger partial charge in [0.15, 0.2) is 0 Å². The molecule has 3 aliphatic rings. The number of benzene rings is 1. The van der Waals surface area contributed by atoms with Crippen LogP contribution < -0.4 is 0 Å². The van der Waals surface area contributed by atoms with Gasteiger partial charge in [-0.05, 0) is 68.3 Å². The van der Waals surface area contributed by atoms with Crippen molar-refractivity contribution in [1.82, 2.24) is 15.0 Å². The minimum absolute atomic E-state index is 0.143. The van der Waals surface area contributed by atoms with Crippen LogP contribution in [0.5, 0.6) is 0 Å². The summed E-state index contributed by atoms with van der Waals surface area (Å²) in [5, 5.41) is 20.2. The van der Waals surface area contributed by atoms with Gasteiger partial charge in [-0.3, -0.25) is 15.0 Å². The standard InChI is InChI=1S/C33H9N9/c1-36-22(11-34)24-16-5-8-40-13-19(16)26-30-25(23(12-35)37-2)17-6-9-41-14-20(17)27(30)32-28(31(24)26)21-15-42-10-7-18(21)29(32)33(38-3)39-4/h5-10,13-15H/b24-22-,25-23+. The van der Waals surface area contributed by atoms with Gasteiger partial charge in [0.05, 0.1) is 30.9 Å². The molecule has 186 valence electrons. The number of hydrogen-bond donors (Lipinski definition) is 0. The van der Waals surface area contributed by atoms with Crippen LogP contribution in [0.1, 0.15) is 33.4 Å². The fourth-order valence-corrected chi connectivity index (χ4v) is 6.28. The van der Waals surface area contributed by atoms with E-state index in [2.05, 4.69) is 34.3 Å². The highest BCUT2D eigenvalue weighted by Crippen LogP contribution is 2.64. The Hall–Kier alpha value is -7.17. The summed E-state index contributed by atoms with van der Waals surface area (Å²) >= 11 is 0. The smallest absolute Gasteiger partial charge is 0.264 e. The van der Waals surface area contributed by atoms with Gasteiger partial charge in [0, 0.05) is 65.0 Å². The van der Waals surface area contributed by atoms with E-state index in [1.165, 1.54) is 0 Å². The molecule has 9 nitrogen and oxygen atoms in total. The molecule has 0 saturated heterocycles. The molecule has 0 radical (unpaired) electrons. The van der Waals surface area contributed by atoms with Crippen LogP contribution >= 0.6 is 0 Å². The van der Waals surface area contributed by atoms with Crippen molar-refractivity contribution in [2.24, 2.45) is 0 Å². The van der Waals surface area contributed by atoms with Gasteiger partial charge in [-0.15, -0.1) is 0 Å². The average molecular weight is 531 g/mol.